The molecule has 0 aliphatic heterocycles. The SMILES string of the molecule is Cc1cccc(OCCC(N)=S)c1C. The number of nitrogens with two attached hydrogens (primary N) is 1. The third kappa shape index (κ3) is 3.00. The van der Waals surface area contributed by atoms with Crippen molar-refractivity contribution < 1.29 is 4.74 Å². The van der Waals surface area contributed by atoms with Crippen molar-refractivity contribution in [3.05, 3.63) is 29.3 Å². The molecule has 0 saturated heterocycles. The number of benzene rings is 1. The summed E-state index contributed by atoms with van der Waals surface area (Å²) < 4.78 is 5.56. The molecule has 2 N–H and O–H groups in total. The van der Waals surface area contributed by atoms with Gasteiger partial charge in [0.15, 0.2) is 0 Å². The summed E-state index contributed by atoms with van der Waals surface area (Å²) in [5.74, 6) is 0.918. The molecule has 0 bridgehead atoms. The number of hydrogen-bond acceptors (Lipinski definition) is 2. The molecular formula is C11H15NOS. The molecule has 1 aromatic rings. The van der Waals surface area contributed by atoms with Gasteiger partial charge in [-0.2, -0.15) is 0 Å². The molecule has 0 fully saturated rings. The lowest BCUT2D eigenvalue weighted by atomic mass is 10.1. The molecule has 14 heavy (non-hydrogen) atoms. The summed E-state index contributed by atoms with van der Waals surface area (Å²) in [6.07, 6.45) is 0.628. The van der Waals surface area contributed by atoms with Crippen molar-refractivity contribution >= 4 is 17.2 Å². The lowest BCUT2D eigenvalue weighted by molar-refractivity contribution is 0.327. The van der Waals surface area contributed by atoms with E-state index in [9.17, 15) is 0 Å². The number of hydrogen-bond donors (Lipinski definition) is 1. The molecule has 0 radical (unpaired) electrons. The summed E-state index contributed by atoms with van der Waals surface area (Å²) in [6, 6.07) is 6.01. The topological polar surface area (TPSA) is 35.2 Å². The van der Waals surface area contributed by atoms with Crippen LogP contribution in [-0.4, -0.2) is 11.6 Å². The third-order valence-electron chi connectivity index (χ3n) is 2.16. The highest BCUT2D eigenvalue weighted by Gasteiger charge is 2.01. The zero-order chi connectivity index (χ0) is 10.6. The van der Waals surface area contributed by atoms with Crippen LogP contribution >= 0.6 is 12.2 Å². The zero-order valence-corrected chi connectivity index (χ0v) is 9.36. The first-order valence-electron chi connectivity index (χ1n) is 4.58. The Hall–Kier alpha value is -1.09. The zero-order valence-electron chi connectivity index (χ0n) is 8.54. The van der Waals surface area contributed by atoms with Gasteiger partial charge in [-0.1, -0.05) is 24.4 Å². The van der Waals surface area contributed by atoms with Crippen LogP contribution in [0.2, 0.25) is 0 Å². The van der Waals surface area contributed by atoms with Gasteiger partial charge in [0, 0.05) is 6.42 Å². The molecule has 3 heteroatoms. The van der Waals surface area contributed by atoms with Crippen LogP contribution in [0.25, 0.3) is 0 Å². The second-order valence-electron chi connectivity index (χ2n) is 3.26. The van der Waals surface area contributed by atoms with Gasteiger partial charge in [-0.15, -0.1) is 0 Å². The summed E-state index contributed by atoms with van der Waals surface area (Å²) in [4.78, 5) is 0.496. The Balaban J connectivity index is 2.59. The van der Waals surface area contributed by atoms with Crippen LogP contribution in [0.4, 0.5) is 0 Å². The first-order valence-corrected chi connectivity index (χ1v) is 4.99. The van der Waals surface area contributed by atoms with Crippen LogP contribution in [0.3, 0.4) is 0 Å². The predicted octanol–water partition coefficient (Wildman–Crippen LogP) is 2.36. The van der Waals surface area contributed by atoms with E-state index in [-0.39, 0.29) is 0 Å². The van der Waals surface area contributed by atoms with Crippen molar-refractivity contribution in [2.75, 3.05) is 6.61 Å². The van der Waals surface area contributed by atoms with E-state index in [0.717, 1.165) is 5.75 Å². The molecule has 0 heterocycles. The molecule has 1 aromatic carbocycles. The van der Waals surface area contributed by atoms with Crippen molar-refractivity contribution in [2.24, 2.45) is 5.73 Å². The van der Waals surface area contributed by atoms with Crippen LogP contribution in [0.5, 0.6) is 5.75 Å². The van der Waals surface area contributed by atoms with Gasteiger partial charge in [-0.05, 0) is 31.0 Å². The average Bonchev–Trinajstić information content (AvgIpc) is 2.12. The monoisotopic (exact) mass is 209 g/mol. The van der Waals surface area contributed by atoms with Crippen molar-refractivity contribution in [3.8, 4) is 5.75 Å². The molecule has 0 amide bonds. The normalized spacial score (nSPS) is 9.86. The third-order valence-corrected chi connectivity index (χ3v) is 2.37. The minimum atomic E-state index is 0.496. The highest BCUT2D eigenvalue weighted by atomic mass is 32.1. The molecule has 0 unspecified atom stereocenters. The van der Waals surface area contributed by atoms with Crippen molar-refractivity contribution in [1.82, 2.24) is 0 Å². The summed E-state index contributed by atoms with van der Waals surface area (Å²) >= 11 is 4.77. The standard InChI is InChI=1S/C11H15NOS/c1-8-4-3-5-10(9(8)2)13-7-6-11(12)14/h3-5H,6-7H2,1-2H3,(H2,12,14). The second-order valence-corrected chi connectivity index (χ2v) is 3.79. The Bertz CT molecular complexity index is 336. The van der Waals surface area contributed by atoms with Crippen LogP contribution in [-0.2, 0) is 0 Å². The number of ether oxygens (including phenoxy) is 1. The summed E-state index contributed by atoms with van der Waals surface area (Å²) in [6.45, 7) is 4.67. The molecule has 0 aromatic heterocycles. The Morgan fingerprint density at radius 3 is 2.79 bits per heavy atom. The van der Waals surface area contributed by atoms with Gasteiger partial charge in [0.1, 0.15) is 5.75 Å². The first kappa shape index (κ1) is 11.0. The van der Waals surface area contributed by atoms with E-state index in [4.69, 9.17) is 22.7 Å². The van der Waals surface area contributed by atoms with Crippen molar-refractivity contribution in [1.29, 1.82) is 0 Å². The number of thiocarbonyl (C=S) groups is 1. The van der Waals surface area contributed by atoms with E-state index in [1.54, 1.807) is 0 Å². The smallest absolute Gasteiger partial charge is 0.122 e. The van der Waals surface area contributed by atoms with Gasteiger partial charge in [0.2, 0.25) is 0 Å². The fraction of sp³-hybridized carbons (Fsp3) is 0.364. The minimum Gasteiger partial charge on any atom is -0.493 e. The maximum absolute atomic E-state index is 5.56. The fourth-order valence-electron chi connectivity index (χ4n) is 1.14. The van der Waals surface area contributed by atoms with Gasteiger partial charge >= 0.3 is 0 Å². The van der Waals surface area contributed by atoms with Gasteiger partial charge in [-0.3, -0.25) is 0 Å². The molecule has 0 atom stereocenters. The van der Waals surface area contributed by atoms with Gasteiger partial charge in [0.25, 0.3) is 0 Å². The summed E-state index contributed by atoms with van der Waals surface area (Å²) in [7, 11) is 0. The second kappa shape index (κ2) is 4.96. The molecular weight excluding hydrogens is 194 g/mol. The Morgan fingerprint density at radius 2 is 2.14 bits per heavy atom. The molecule has 0 saturated carbocycles. The van der Waals surface area contributed by atoms with E-state index in [1.807, 2.05) is 19.1 Å². The lowest BCUT2D eigenvalue weighted by Gasteiger charge is -2.10. The highest BCUT2D eigenvalue weighted by molar-refractivity contribution is 7.80. The van der Waals surface area contributed by atoms with Gasteiger partial charge in [0.05, 0.1) is 11.6 Å². The van der Waals surface area contributed by atoms with Crippen molar-refractivity contribution in [3.63, 3.8) is 0 Å². The van der Waals surface area contributed by atoms with Crippen LogP contribution in [0.15, 0.2) is 18.2 Å². The summed E-state index contributed by atoms with van der Waals surface area (Å²) in [5, 5.41) is 0. The minimum absolute atomic E-state index is 0.496. The first-order chi connectivity index (χ1) is 6.61. The quantitative estimate of drug-likeness (QED) is 0.773. The predicted molar refractivity (Wildman–Crippen MR) is 62.8 cm³/mol. The Labute approximate surface area is 90.1 Å². The molecule has 1 rings (SSSR count). The van der Waals surface area contributed by atoms with E-state index >= 15 is 0 Å². The molecule has 76 valence electrons. The van der Waals surface area contributed by atoms with E-state index in [1.165, 1.54) is 11.1 Å². The van der Waals surface area contributed by atoms with E-state index < -0.39 is 0 Å². The van der Waals surface area contributed by atoms with Crippen LogP contribution < -0.4 is 10.5 Å². The van der Waals surface area contributed by atoms with E-state index in [0.29, 0.717) is 18.0 Å². The average molecular weight is 209 g/mol. The largest absolute Gasteiger partial charge is 0.493 e. The summed E-state index contributed by atoms with van der Waals surface area (Å²) in [5.41, 5.74) is 7.79. The van der Waals surface area contributed by atoms with Crippen molar-refractivity contribution in [2.45, 2.75) is 20.3 Å². The maximum Gasteiger partial charge on any atom is 0.122 e. The Kier molecular flexibility index (Phi) is 3.89. The van der Waals surface area contributed by atoms with Gasteiger partial charge in [-0.25, -0.2) is 0 Å². The molecule has 0 spiro atoms. The molecule has 2 nitrogen and oxygen atoms in total. The highest BCUT2D eigenvalue weighted by Crippen LogP contribution is 2.20. The Morgan fingerprint density at radius 1 is 1.43 bits per heavy atom. The molecule has 0 aliphatic carbocycles. The lowest BCUT2D eigenvalue weighted by Crippen LogP contribution is -2.12. The fourth-order valence-corrected chi connectivity index (χ4v) is 1.23. The number of aryl methyl sites for hydroxylation is 1. The maximum atomic E-state index is 5.56. The van der Waals surface area contributed by atoms with E-state index in [2.05, 4.69) is 13.0 Å². The van der Waals surface area contributed by atoms with Crippen LogP contribution in [0, 0.1) is 13.8 Å². The van der Waals surface area contributed by atoms with Crippen LogP contribution in [0.1, 0.15) is 17.5 Å². The molecule has 0 aliphatic rings. The van der Waals surface area contributed by atoms with Gasteiger partial charge < -0.3 is 10.5 Å². The number of rotatable bonds is 4.